The first-order chi connectivity index (χ1) is 20.7. The molecule has 0 radical (unpaired) electrons. The molecule has 2 saturated carbocycles. The Morgan fingerprint density at radius 2 is 1.47 bits per heavy atom. The fraction of sp³-hybridized carbons (Fsp3) is 0.568. The first-order valence-electron chi connectivity index (χ1n) is 16.3. The fourth-order valence-electron chi connectivity index (χ4n) is 6.74. The molecule has 6 heteroatoms. The van der Waals surface area contributed by atoms with Crippen LogP contribution in [0.3, 0.4) is 0 Å². The zero-order valence-corrected chi connectivity index (χ0v) is 25.5. The summed E-state index contributed by atoms with van der Waals surface area (Å²) in [5.74, 6) is -4.58. The molecule has 43 heavy (non-hydrogen) atoms. The van der Waals surface area contributed by atoms with Gasteiger partial charge in [-0.15, -0.1) is 6.58 Å². The standard InChI is InChI=1S/C37H47F5O/c1-3-5-6-27-7-9-28(10-8-27)11-12-29-13-15-30(16-14-29)17-19-31-20-21-32(36(40)35(31)39)37(41,42)23-24-43-34-22-18-26(4-2)25-33(34)38/h3,11-12,18,20-22,25,27-30H,1,4-10,13-17,19,23-24H2,2H3/b12-11+. The number of hydrogen-bond donors (Lipinski definition) is 0. The van der Waals surface area contributed by atoms with Gasteiger partial charge in [0.1, 0.15) is 0 Å². The number of allylic oxidation sites excluding steroid dienone is 3. The van der Waals surface area contributed by atoms with Crippen molar-refractivity contribution in [2.45, 2.75) is 103 Å². The lowest BCUT2D eigenvalue weighted by atomic mass is 9.77. The molecule has 2 aromatic carbocycles. The second-order valence-electron chi connectivity index (χ2n) is 12.7. The summed E-state index contributed by atoms with van der Waals surface area (Å²) >= 11 is 0. The van der Waals surface area contributed by atoms with Gasteiger partial charge in [-0.2, -0.15) is 0 Å². The summed E-state index contributed by atoms with van der Waals surface area (Å²) in [6.45, 7) is 5.17. The summed E-state index contributed by atoms with van der Waals surface area (Å²) in [5.41, 5.74) is -0.0927. The largest absolute Gasteiger partial charge is 0.490 e. The Labute approximate surface area is 254 Å². The smallest absolute Gasteiger partial charge is 0.279 e. The van der Waals surface area contributed by atoms with Crippen LogP contribution >= 0.6 is 0 Å². The van der Waals surface area contributed by atoms with Crippen LogP contribution in [0.2, 0.25) is 0 Å². The van der Waals surface area contributed by atoms with Crippen molar-refractivity contribution < 1.29 is 26.7 Å². The second-order valence-corrected chi connectivity index (χ2v) is 12.7. The molecule has 0 spiro atoms. The molecule has 0 amide bonds. The van der Waals surface area contributed by atoms with E-state index >= 15 is 0 Å². The Morgan fingerprint density at radius 3 is 2.05 bits per heavy atom. The van der Waals surface area contributed by atoms with E-state index in [-0.39, 0.29) is 11.3 Å². The summed E-state index contributed by atoms with van der Waals surface area (Å²) in [7, 11) is 0. The average Bonchev–Trinajstić information content (AvgIpc) is 3.01. The lowest BCUT2D eigenvalue weighted by Crippen LogP contribution is -2.20. The van der Waals surface area contributed by atoms with Crippen LogP contribution in [0, 0.1) is 41.1 Å². The molecule has 2 aliphatic carbocycles. The normalized spacial score (nSPS) is 23.0. The molecule has 2 aromatic rings. The van der Waals surface area contributed by atoms with Crippen molar-refractivity contribution in [1.29, 1.82) is 0 Å². The van der Waals surface area contributed by atoms with Crippen LogP contribution in [-0.2, 0) is 18.8 Å². The van der Waals surface area contributed by atoms with Crippen molar-refractivity contribution in [3.63, 3.8) is 0 Å². The van der Waals surface area contributed by atoms with E-state index in [1.165, 1.54) is 50.3 Å². The zero-order chi connectivity index (χ0) is 30.8. The Morgan fingerprint density at radius 1 is 0.837 bits per heavy atom. The molecular formula is C37H47F5O. The monoisotopic (exact) mass is 602 g/mol. The summed E-state index contributed by atoms with van der Waals surface area (Å²) in [4.78, 5) is 0. The highest BCUT2D eigenvalue weighted by Crippen LogP contribution is 2.38. The predicted molar refractivity (Wildman–Crippen MR) is 164 cm³/mol. The molecule has 0 aliphatic heterocycles. The SMILES string of the molecule is C=CCCC1CCC(/C=C/C2CCC(CCc3ccc(C(F)(F)CCOc4ccc(CC)cc4F)c(F)c3F)CC2)CC1. The van der Waals surface area contributed by atoms with Gasteiger partial charge in [0.2, 0.25) is 0 Å². The molecular weight excluding hydrogens is 555 g/mol. The van der Waals surface area contributed by atoms with Crippen molar-refractivity contribution in [2.24, 2.45) is 23.7 Å². The van der Waals surface area contributed by atoms with E-state index in [9.17, 15) is 22.0 Å². The fourth-order valence-corrected chi connectivity index (χ4v) is 6.74. The van der Waals surface area contributed by atoms with Crippen molar-refractivity contribution >= 4 is 0 Å². The van der Waals surface area contributed by atoms with Gasteiger partial charge in [-0.05, 0) is 136 Å². The molecule has 2 aliphatic rings. The van der Waals surface area contributed by atoms with E-state index in [0.717, 1.165) is 49.7 Å². The molecule has 2 fully saturated rings. The molecule has 0 aromatic heterocycles. The van der Waals surface area contributed by atoms with Crippen molar-refractivity contribution in [3.05, 3.63) is 89.3 Å². The van der Waals surface area contributed by atoms with Crippen LogP contribution in [0.5, 0.6) is 5.75 Å². The van der Waals surface area contributed by atoms with E-state index in [2.05, 4.69) is 18.7 Å². The van der Waals surface area contributed by atoms with Crippen LogP contribution < -0.4 is 4.74 Å². The maximum atomic E-state index is 14.9. The number of hydrogen-bond acceptors (Lipinski definition) is 1. The summed E-state index contributed by atoms with van der Waals surface area (Å²) in [5, 5.41) is 0. The summed E-state index contributed by atoms with van der Waals surface area (Å²) in [6.07, 6.45) is 19.5. The third-order valence-electron chi connectivity index (χ3n) is 9.67. The van der Waals surface area contributed by atoms with Gasteiger partial charge in [0.05, 0.1) is 18.6 Å². The molecule has 0 unspecified atom stereocenters. The molecule has 4 rings (SSSR count). The van der Waals surface area contributed by atoms with Crippen LogP contribution in [0.4, 0.5) is 22.0 Å². The van der Waals surface area contributed by atoms with Gasteiger partial charge in [0, 0.05) is 0 Å². The molecule has 0 N–H and O–H groups in total. The van der Waals surface area contributed by atoms with Gasteiger partial charge in [-0.1, -0.05) is 37.3 Å². The van der Waals surface area contributed by atoms with Gasteiger partial charge in [-0.25, -0.2) is 22.0 Å². The van der Waals surface area contributed by atoms with Crippen LogP contribution in [0.1, 0.15) is 101 Å². The maximum absolute atomic E-state index is 14.9. The third kappa shape index (κ3) is 9.43. The van der Waals surface area contributed by atoms with Crippen molar-refractivity contribution in [2.75, 3.05) is 6.61 Å². The quantitative estimate of drug-likeness (QED) is 0.154. The zero-order valence-electron chi connectivity index (χ0n) is 25.5. The van der Waals surface area contributed by atoms with E-state index in [0.29, 0.717) is 37.0 Å². The first kappa shape index (κ1) is 33.3. The van der Waals surface area contributed by atoms with E-state index in [4.69, 9.17) is 4.74 Å². The Bertz CT molecular complexity index is 1210. The number of rotatable bonds is 14. The third-order valence-corrected chi connectivity index (χ3v) is 9.67. The van der Waals surface area contributed by atoms with Crippen LogP contribution in [0.25, 0.3) is 0 Å². The maximum Gasteiger partial charge on any atom is 0.279 e. The number of benzene rings is 2. The van der Waals surface area contributed by atoms with Gasteiger partial charge in [0.15, 0.2) is 23.2 Å². The van der Waals surface area contributed by atoms with Gasteiger partial charge >= 0.3 is 0 Å². The molecule has 1 nitrogen and oxygen atoms in total. The highest BCUT2D eigenvalue weighted by atomic mass is 19.3. The number of aryl methyl sites for hydroxylation is 2. The van der Waals surface area contributed by atoms with E-state index < -0.39 is 42.0 Å². The Kier molecular flexibility index (Phi) is 12.3. The first-order valence-corrected chi connectivity index (χ1v) is 16.3. The Hall–Kier alpha value is -2.63. The Balaban J connectivity index is 1.21. The number of halogens is 5. The highest BCUT2D eigenvalue weighted by Gasteiger charge is 2.36. The lowest BCUT2D eigenvalue weighted by molar-refractivity contribution is -0.0282. The van der Waals surface area contributed by atoms with Crippen LogP contribution in [-0.4, -0.2) is 6.61 Å². The summed E-state index contributed by atoms with van der Waals surface area (Å²) < 4.78 is 78.6. The van der Waals surface area contributed by atoms with E-state index in [1.807, 2.05) is 13.0 Å². The molecule has 0 bridgehead atoms. The second kappa shape index (κ2) is 15.9. The van der Waals surface area contributed by atoms with Crippen LogP contribution in [0.15, 0.2) is 55.1 Å². The van der Waals surface area contributed by atoms with Crippen molar-refractivity contribution in [1.82, 2.24) is 0 Å². The number of alkyl halides is 2. The molecule has 236 valence electrons. The average molecular weight is 603 g/mol. The molecule has 0 heterocycles. The minimum Gasteiger partial charge on any atom is -0.490 e. The minimum atomic E-state index is -3.65. The van der Waals surface area contributed by atoms with Crippen molar-refractivity contribution in [3.8, 4) is 5.75 Å². The van der Waals surface area contributed by atoms with Gasteiger partial charge in [0.25, 0.3) is 5.92 Å². The number of ether oxygens (including phenoxy) is 1. The van der Waals surface area contributed by atoms with E-state index in [1.54, 1.807) is 6.07 Å². The topological polar surface area (TPSA) is 9.23 Å². The highest BCUT2D eigenvalue weighted by molar-refractivity contribution is 5.31. The summed E-state index contributed by atoms with van der Waals surface area (Å²) in [6, 6.07) is 6.61. The minimum absolute atomic E-state index is 0.136. The van der Waals surface area contributed by atoms with Gasteiger partial charge < -0.3 is 4.74 Å². The molecule has 0 saturated heterocycles. The molecule has 0 atom stereocenters. The lowest BCUT2D eigenvalue weighted by Gasteiger charge is -2.29. The predicted octanol–water partition coefficient (Wildman–Crippen LogP) is 11.3. The van der Waals surface area contributed by atoms with Gasteiger partial charge in [-0.3, -0.25) is 0 Å².